The Morgan fingerprint density at radius 3 is 2.33 bits per heavy atom. The topological polar surface area (TPSA) is 23.5 Å². The van der Waals surface area contributed by atoms with E-state index < -0.39 is 17.7 Å². The fraction of sp³-hybridized carbons (Fsp3) is 1.00. The molecule has 2 aliphatic heterocycles. The van der Waals surface area contributed by atoms with Gasteiger partial charge in [-0.2, -0.15) is 13.2 Å². The van der Waals surface area contributed by atoms with Gasteiger partial charge in [0.25, 0.3) is 0 Å². The second kappa shape index (κ2) is 2.14. The minimum Gasteiger partial charge on any atom is -0.379 e. The van der Waals surface area contributed by atoms with Crippen LogP contribution in [0.15, 0.2) is 0 Å². The Hall–Kier alpha value is -0.290. The Kier molecular flexibility index (Phi) is 1.48. The van der Waals surface area contributed by atoms with Crippen molar-refractivity contribution in [3.05, 3.63) is 0 Å². The van der Waals surface area contributed by atoms with Gasteiger partial charge in [-0.25, -0.2) is 0 Å². The van der Waals surface area contributed by atoms with Gasteiger partial charge in [-0.15, -0.1) is 0 Å². The van der Waals surface area contributed by atoms with Crippen LogP contribution in [-0.4, -0.2) is 41.4 Å². The summed E-state index contributed by atoms with van der Waals surface area (Å²) in [4.78, 5) is 1.66. The molecule has 12 heavy (non-hydrogen) atoms. The van der Waals surface area contributed by atoms with Crippen LogP contribution in [0.4, 0.5) is 13.2 Å². The molecule has 1 unspecified atom stereocenters. The Bertz CT molecular complexity index is 205. The van der Waals surface area contributed by atoms with E-state index in [1.54, 1.807) is 4.90 Å². The van der Waals surface area contributed by atoms with Gasteiger partial charge in [0.05, 0.1) is 0 Å². The van der Waals surface area contributed by atoms with Crippen LogP contribution < -0.4 is 0 Å². The summed E-state index contributed by atoms with van der Waals surface area (Å²) in [6, 6.07) is 0. The summed E-state index contributed by atoms with van der Waals surface area (Å²) in [5.41, 5.74) is -2.43. The van der Waals surface area contributed by atoms with E-state index >= 15 is 0 Å². The molecule has 70 valence electrons. The standard InChI is InChI=1S/C7H10F3NO/c8-7(9,10)6(12)4-11-2-1-5(6)3-11/h5,12H,1-4H2/t5-,6+/m0/s1. The third-order valence-corrected chi connectivity index (χ3v) is 2.90. The predicted molar refractivity (Wildman–Crippen MR) is 35.6 cm³/mol. The molecule has 5 heteroatoms. The van der Waals surface area contributed by atoms with Crippen LogP contribution in [-0.2, 0) is 0 Å². The summed E-state index contributed by atoms with van der Waals surface area (Å²) >= 11 is 0. The highest BCUT2D eigenvalue weighted by molar-refractivity contribution is 5.06. The molecule has 0 aromatic carbocycles. The van der Waals surface area contributed by atoms with Gasteiger partial charge in [0, 0.05) is 19.0 Å². The molecule has 0 saturated carbocycles. The average molecular weight is 181 g/mol. The van der Waals surface area contributed by atoms with Crippen LogP contribution in [0.2, 0.25) is 0 Å². The number of hydrogen-bond acceptors (Lipinski definition) is 2. The quantitative estimate of drug-likeness (QED) is 0.592. The maximum absolute atomic E-state index is 12.3. The first-order valence-electron chi connectivity index (χ1n) is 3.95. The lowest BCUT2D eigenvalue weighted by atomic mass is 9.87. The molecule has 2 aliphatic rings. The zero-order valence-electron chi connectivity index (χ0n) is 6.43. The Labute approximate surface area is 68.0 Å². The molecule has 0 amide bonds. The molecule has 2 nitrogen and oxygen atoms in total. The number of halogens is 3. The lowest BCUT2D eigenvalue weighted by Gasteiger charge is -2.33. The third-order valence-electron chi connectivity index (χ3n) is 2.90. The number of alkyl halides is 3. The predicted octanol–water partition coefficient (Wildman–Crippen LogP) is 0.615. The van der Waals surface area contributed by atoms with Crippen LogP contribution in [0.3, 0.4) is 0 Å². The van der Waals surface area contributed by atoms with Crippen LogP contribution in [0.25, 0.3) is 0 Å². The normalized spacial score (nSPS) is 47.0. The van der Waals surface area contributed by atoms with Gasteiger partial charge in [-0.3, -0.25) is 4.90 Å². The minimum absolute atomic E-state index is 0.235. The van der Waals surface area contributed by atoms with E-state index in [1.807, 2.05) is 0 Å². The maximum atomic E-state index is 12.3. The largest absolute Gasteiger partial charge is 0.418 e. The summed E-state index contributed by atoms with van der Waals surface area (Å²) in [5, 5.41) is 9.35. The van der Waals surface area contributed by atoms with E-state index in [0.717, 1.165) is 0 Å². The van der Waals surface area contributed by atoms with E-state index in [9.17, 15) is 18.3 Å². The van der Waals surface area contributed by atoms with Crippen LogP contribution in [0.1, 0.15) is 6.42 Å². The van der Waals surface area contributed by atoms with Crippen molar-refractivity contribution >= 4 is 0 Å². The lowest BCUT2D eigenvalue weighted by Crippen LogP contribution is -2.54. The number of nitrogens with zero attached hydrogens (tertiary/aromatic N) is 1. The minimum atomic E-state index is -4.47. The molecular formula is C7H10F3NO. The second-order valence-electron chi connectivity index (χ2n) is 3.64. The van der Waals surface area contributed by atoms with E-state index in [0.29, 0.717) is 19.5 Å². The van der Waals surface area contributed by atoms with Gasteiger partial charge in [0.2, 0.25) is 0 Å². The van der Waals surface area contributed by atoms with Gasteiger partial charge < -0.3 is 5.11 Å². The first kappa shape index (κ1) is 8.31. The lowest BCUT2D eigenvalue weighted by molar-refractivity contribution is -0.272. The molecule has 2 saturated heterocycles. The summed E-state index contributed by atoms with van der Waals surface area (Å²) in [6.07, 6.45) is -4.00. The fourth-order valence-electron chi connectivity index (χ4n) is 2.16. The molecule has 0 aliphatic carbocycles. The van der Waals surface area contributed by atoms with Crippen molar-refractivity contribution in [2.45, 2.75) is 18.2 Å². The molecule has 3 atom stereocenters. The Morgan fingerprint density at radius 2 is 2.08 bits per heavy atom. The van der Waals surface area contributed by atoms with Crippen molar-refractivity contribution in [2.24, 2.45) is 5.92 Å². The molecule has 1 N–H and O–H groups in total. The van der Waals surface area contributed by atoms with Crippen LogP contribution in [0, 0.1) is 5.92 Å². The van der Waals surface area contributed by atoms with Crippen LogP contribution in [0.5, 0.6) is 0 Å². The fourth-order valence-corrected chi connectivity index (χ4v) is 2.16. The number of aliphatic hydroxyl groups is 1. The SMILES string of the molecule is O[C@]1(C(F)(F)F)CN2CC[C@H]1C2. The van der Waals surface area contributed by atoms with E-state index in [4.69, 9.17) is 0 Å². The van der Waals surface area contributed by atoms with Gasteiger partial charge in [-0.05, 0) is 13.0 Å². The summed E-state index contributed by atoms with van der Waals surface area (Å²) < 4.78 is 37.0. The molecule has 2 heterocycles. The van der Waals surface area contributed by atoms with Crippen molar-refractivity contribution in [2.75, 3.05) is 19.6 Å². The molecular weight excluding hydrogens is 171 g/mol. The zero-order chi connectivity index (χ0) is 8.98. The highest BCUT2D eigenvalue weighted by Gasteiger charge is 2.64. The van der Waals surface area contributed by atoms with Crippen molar-refractivity contribution in [3.63, 3.8) is 0 Å². The third kappa shape index (κ3) is 0.894. The van der Waals surface area contributed by atoms with Gasteiger partial charge in [0.1, 0.15) is 0 Å². The summed E-state index contributed by atoms with van der Waals surface area (Å²) in [5.74, 6) is -0.600. The van der Waals surface area contributed by atoms with Gasteiger partial charge >= 0.3 is 6.18 Å². The molecule has 0 spiro atoms. The van der Waals surface area contributed by atoms with E-state index in [1.165, 1.54) is 0 Å². The van der Waals surface area contributed by atoms with E-state index in [-0.39, 0.29) is 6.54 Å². The average Bonchev–Trinajstić information content (AvgIpc) is 2.43. The van der Waals surface area contributed by atoms with Gasteiger partial charge in [0.15, 0.2) is 5.60 Å². The number of rotatable bonds is 0. The monoisotopic (exact) mass is 181 g/mol. The van der Waals surface area contributed by atoms with Crippen molar-refractivity contribution < 1.29 is 18.3 Å². The molecule has 2 bridgehead atoms. The van der Waals surface area contributed by atoms with Crippen LogP contribution >= 0.6 is 0 Å². The first-order valence-corrected chi connectivity index (χ1v) is 3.95. The Morgan fingerprint density at radius 1 is 1.42 bits per heavy atom. The highest BCUT2D eigenvalue weighted by atomic mass is 19.4. The van der Waals surface area contributed by atoms with Crippen molar-refractivity contribution in [1.29, 1.82) is 0 Å². The molecule has 0 aromatic rings. The van der Waals surface area contributed by atoms with Crippen molar-refractivity contribution in [1.82, 2.24) is 4.90 Å². The molecule has 2 fully saturated rings. The number of piperidine rings is 1. The summed E-state index contributed by atoms with van der Waals surface area (Å²) in [7, 11) is 0. The second-order valence-corrected chi connectivity index (χ2v) is 3.64. The smallest absolute Gasteiger partial charge is 0.379 e. The molecule has 2 rings (SSSR count). The Balaban J connectivity index is 2.23. The molecule has 0 aromatic heterocycles. The van der Waals surface area contributed by atoms with Gasteiger partial charge in [-0.1, -0.05) is 0 Å². The number of hydrogen-bond donors (Lipinski definition) is 1. The van der Waals surface area contributed by atoms with Crippen molar-refractivity contribution in [3.8, 4) is 0 Å². The zero-order valence-corrected chi connectivity index (χ0v) is 6.43. The summed E-state index contributed by atoms with van der Waals surface area (Å²) in [6.45, 7) is 0.861. The van der Waals surface area contributed by atoms with E-state index in [2.05, 4.69) is 0 Å². The molecule has 0 radical (unpaired) electrons. The maximum Gasteiger partial charge on any atom is 0.418 e. The highest BCUT2D eigenvalue weighted by Crippen LogP contribution is 2.45. The first-order chi connectivity index (χ1) is 5.43. The number of fused-ring (bicyclic) bond motifs is 2.